The van der Waals surface area contributed by atoms with Crippen LogP contribution >= 0.6 is 0 Å². The van der Waals surface area contributed by atoms with Gasteiger partial charge in [0.05, 0.1) is 7.11 Å². The molecule has 11 heavy (non-hydrogen) atoms. The highest BCUT2D eigenvalue weighted by atomic mass is 16.5. The van der Waals surface area contributed by atoms with Crippen molar-refractivity contribution in [3.05, 3.63) is 11.8 Å². The standard InChI is InChI=1S/C9H17NO/c1-5-6-7-8(2)10-9(3)11-4/h7H,5-6H2,1-4H3/b8-7+,10-9?. The van der Waals surface area contributed by atoms with Crippen LogP contribution in [0.3, 0.4) is 0 Å². The van der Waals surface area contributed by atoms with Gasteiger partial charge in [-0.25, -0.2) is 4.99 Å². The van der Waals surface area contributed by atoms with Crippen LogP contribution in [0.15, 0.2) is 16.8 Å². The van der Waals surface area contributed by atoms with Crippen molar-refractivity contribution in [1.82, 2.24) is 0 Å². The summed E-state index contributed by atoms with van der Waals surface area (Å²) in [6.45, 7) is 5.98. The molecule has 0 rings (SSSR count). The Hall–Kier alpha value is -0.790. The number of unbranched alkanes of at least 4 members (excludes halogenated alkanes) is 1. The molecule has 2 heteroatoms. The van der Waals surface area contributed by atoms with Gasteiger partial charge in [-0.2, -0.15) is 0 Å². The van der Waals surface area contributed by atoms with Crippen molar-refractivity contribution < 1.29 is 4.74 Å². The topological polar surface area (TPSA) is 21.6 Å². The Kier molecular flexibility index (Phi) is 5.53. The molecule has 0 atom stereocenters. The van der Waals surface area contributed by atoms with Crippen molar-refractivity contribution in [2.75, 3.05) is 7.11 Å². The molecule has 0 saturated heterocycles. The maximum absolute atomic E-state index is 4.91. The van der Waals surface area contributed by atoms with Crippen LogP contribution in [0.4, 0.5) is 0 Å². The molecule has 0 spiro atoms. The Morgan fingerprint density at radius 2 is 2.09 bits per heavy atom. The molecule has 0 aliphatic carbocycles. The third kappa shape index (κ3) is 5.64. The van der Waals surface area contributed by atoms with Gasteiger partial charge in [-0.3, -0.25) is 0 Å². The predicted molar refractivity (Wildman–Crippen MR) is 48.8 cm³/mol. The molecule has 0 aliphatic heterocycles. The first-order valence-electron chi connectivity index (χ1n) is 3.96. The van der Waals surface area contributed by atoms with Crippen molar-refractivity contribution in [1.29, 1.82) is 0 Å². The van der Waals surface area contributed by atoms with E-state index < -0.39 is 0 Å². The first-order valence-corrected chi connectivity index (χ1v) is 3.96. The SMILES string of the molecule is CCC/C=C(\C)N=C(C)OC. The largest absolute Gasteiger partial charge is 0.484 e. The van der Waals surface area contributed by atoms with Gasteiger partial charge >= 0.3 is 0 Å². The lowest BCUT2D eigenvalue weighted by molar-refractivity contribution is 0.399. The minimum atomic E-state index is 0.717. The summed E-state index contributed by atoms with van der Waals surface area (Å²) in [6, 6.07) is 0. The van der Waals surface area contributed by atoms with Gasteiger partial charge in [0.1, 0.15) is 0 Å². The minimum absolute atomic E-state index is 0.717. The predicted octanol–water partition coefficient (Wildman–Crippen LogP) is 2.76. The number of nitrogens with zero attached hydrogens (tertiary/aromatic N) is 1. The third-order valence-electron chi connectivity index (χ3n) is 1.36. The normalized spacial score (nSPS) is 13.5. The quantitative estimate of drug-likeness (QED) is 0.453. The summed E-state index contributed by atoms with van der Waals surface area (Å²) in [5, 5.41) is 0. The maximum atomic E-state index is 4.91. The van der Waals surface area contributed by atoms with Crippen LogP contribution in [0.2, 0.25) is 0 Å². The van der Waals surface area contributed by atoms with E-state index in [0.29, 0.717) is 0 Å². The molecule has 0 aromatic heterocycles. The van der Waals surface area contributed by atoms with Crippen molar-refractivity contribution in [2.45, 2.75) is 33.6 Å². The zero-order chi connectivity index (χ0) is 8.69. The average molecular weight is 155 g/mol. The third-order valence-corrected chi connectivity index (χ3v) is 1.36. The second kappa shape index (κ2) is 5.96. The van der Waals surface area contributed by atoms with Crippen LogP contribution in [0, 0.1) is 0 Å². The minimum Gasteiger partial charge on any atom is -0.484 e. The van der Waals surface area contributed by atoms with E-state index in [4.69, 9.17) is 4.74 Å². The van der Waals surface area contributed by atoms with Crippen LogP contribution < -0.4 is 0 Å². The summed E-state index contributed by atoms with van der Waals surface area (Å²) in [7, 11) is 1.63. The molecule has 2 nitrogen and oxygen atoms in total. The fourth-order valence-electron chi connectivity index (χ4n) is 0.693. The van der Waals surface area contributed by atoms with Crippen LogP contribution in [0.5, 0.6) is 0 Å². The van der Waals surface area contributed by atoms with Gasteiger partial charge in [0.15, 0.2) is 5.90 Å². The summed E-state index contributed by atoms with van der Waals surface area (Å²) >= 11 is 0. The first kappa shape index (κ1) is 10.2. The van der Waals surface area contributed by atoms with Crippen molar-refractivity contribution in [3.63, 3.8) is 0 Å². The van der Waals surface area contributed by atoms with Gasteiger partial charge in [0.2, 0.25) is 0 Å². The van der Waals surface area contributed by atoms with Crippen molar-refractivity contribution in [2.24, 2.45) is 4.99 Å². The van der Waals surface area contributed by atoms with E-state index in [9.17, 15) is 0 Å². The number of methoxy groups -OCH3 is 1. The van der Waals surface area contributed by atoms with Crippen LogP contribution in [-0.4, -0.2) is 13.0 Å². The van der Waals surface area contributed by atoms with Gasteiger partial charge in [-0.1, -0.05) is 19.4 Å². The Bertz CT molecular complexity index is 159. The molecule has 0 aromatic carbocycles. The van der Waals surface area contributed by atoms with E-state index in [1.54, 1.807) is 7.11 Å². The van der Waals surface area contributed by atoms with E-state index in [1.165, 1.54) is 6.42 Å². The Morgan fingerprint density at radius 3 is 2.55 bits per heavy atom. The zero-order valence-corrected chi connectivity index (χ0v) is 7.85. The molecule has 0 radical (unpaired) electrons. The summed E-state index contributed by atoms with van der Waals surface area (Å²) in [5.41, 5.74) is 1.03. The fourth-order valence-corrected chi connectivity index (χ4v) is 0.693. The lowest BCUT2D eigenvalue weighted by Crippen LogP contribution is -1.93. The molecule has 0 N–H and O–H groups in total. The number of hydrogen-bond donors (Lipinski definition) is 0. The lowest BCUT2D eigenvalue weighted by atomic mass is 10.3. The number of rotatable bonds is 3. The van der Waals surface area contributed by atoms with Gasteiger partial charge in [0, 0.05) is 12.6 Å². The molecule has 0 amide bonds. The van der Waals surface area contributed by atoms with Crippen LogP contribution in [0.25, 0.3) is 0 Å². The Balaban J connectivity index is 3.93. The van der Waals surface area contributed by atoms with E-state index in [-0.39, 0.29) is 0 Å². The highest BCUT2D eigenvalue weighted by Crippen LogP contribution is 2.00. The lowest BCUT2D eigenvalue weighted by Gasteiger charge is -1.97. The van der Waals surface area contributed by atoms with E-state index in [0.717, 1.165) is 18.0 Å². The van der Waals surface area contributed by atoms with Gasteiger partial charge in [-0.05, 0) is 13.3 Å². The van der Waals surface area contributed by atoms with Gasteiger partial charge in [0.25, 0.3) is 0 Å². The van der Waals surface area contributed by atoms with Crippen molar-refractivity contribution >= 4 is 5.90 Å². The van der Waals surface area contributed by atoms with Gasteiger partial charge < -0.3 is 4.74 Å². The summed E-state index contributed by atoms with van der Waals surface area (Å²) < 4.78 is 4.91. The van der Waals surface area contributed by atoms with Gasteiger partial charge in [-0.15, -0.1) is 0 Å². The van der Waals surface area contributed by atoms with Crippen LogP contribution in [-0.2, 0) is 4.74 Å². The smallest absolute Gasteiger partial charge is 0.184 e. The molecule has 0 aromatic rings. The van der Waals surface area contributed by atoms with E-state index in [1.807, 2.05) is 13.8 Å². The highest BCUT2D eigenvalue weighted by Gasteiger charge is 1.87. The molecule has 0 bridgehead atoms. The molecule has 64 valence electrons. The number of aliphatic imine (C=N–C) groups is 1. The number of ether oxygens (including phenoxy) is 1. The highest BCUT2D eigenvalue weighted by molar-refractivity contribution is 5.74. The Morgan fingerprint density at radius 1 is 1.45 bits per heavy atom. The summed E-state index contributed by atoms with van der Waals surface area (Å²) in [4.78, 5) is 4.19. The molecule has 0 aliphatic rings. The van der Waals surface area contributed by atoms with Crippen LogP contribution in [0.1, 0.15) is 33.6 Å². The second-order valence-electron chi connectivity index (χ2n) is 2.47. The molecule has 0 unspecified atom stereocenters. The average Bonchev–Trinajstić information content (AvgIpc) is 2.00. The molecule has 0 heterocycles. The summed E-state index contributed by atoms with van der Waals surface area (Å²) in [5.74, 6) is 0.717. The fraction of sp³-hybridized carbons (Fsp3) is 0.667. The van der Waals surface area contributed by atoms with E-state index >= 15 is 0 Å². The Labute approximate surface area is 69.0 Å². The molecule has 0 saturated carbocycles. The molecular weight excluding hydrogens is 138 g/mol. The molecule has 0 fully saturated rings. The zero-order valence-electron chi connectivity index (χ0n) is 7.85. The molecular formula is C9H17NO. The number of allylic oxidation sites excluding steroid dienone is 2. The summed E-state index contributed by atoms with van der Waals surface area (Å²) in [6.07, 6.45) is 4.37. The number of hydrogen-bond acceptors (Lipinski definition) is 2. The first-order chi connectivity index (χ1) is 5.20. The van der Waals surface area contributed by atoms with Crippen molar-refractivity contribution in [3.8, 4) is 0 Å². The second-order valence-corrected chi connectivity index (χ2v) is 2.47. The monoisotopic (exact) mass is 155 g/mol. The van der Waals surface area contributed by atoms with E-state index in [2.05, 4.69) is 18.0 Å². The maximum Gasteiger partial charge on any atom is 0.184 e.